The van der Waals surface area contributed by atoms with Gasteiger partial charge in [-0.25, -0.2) is 18.2 Å². The van der Waals surface area contributed by atoms with Gasteiger partial charge in [-0.1, -0.05) is 17.3 Å². The average Bonchev–Trinajstić information content (AvgIpc) is 3.60. The van der Waals surface area contributed by atoms with Crippen molar-refractivity contribution >= 4 is 50.4 Å². The van der Waals surface area contributed by atoms with Crippen molar-refractivity contribution in [1.82, 2.24) is 20.0 Å². The summed E-state index contributed by atoms with van der Waals surface area (Å²) in [6.07, 6.45) is 1.30. The molecule has 1 saturated heterocycles. The number of benzene rings is 1. The molecule has 19 nitrogen and oxygen atoms in total. The number of nitrogen functional groups attached to an aromatic ring is 1. The van der Waals surface area contributed by atoms with Gasteiger partial charge >= 0.3 is 5.97 Å². The topological polar surface area (TPSA) is 278 Å². The van der Waals surface area contributed by atoms with Gasteiger partial charge in [0.15, 0.2) is 17.9 Å². The van der Waals surface area contributed by atoms with Crippen molar-refractivity contribution in [2.24, 2.45) is 17.9 Å². The van der Waals surface area contributed by atoms with Crippen LogP contribution in [0.4, 0.5) is 5.13 Å². The Labute approximate surface area is 271 Å². The van der Waals surface area contributed by atoms with Crippen LogP contribution < -0.4 is 26.2 Å². The van der Waals surface area contributed by atoms with E-state index in [2.05, 4.69) is 19.7 Å². The molecule has 1 aliphatic heterocycles. The van der Waals surface area contributed by atoms with E-state index in [1.807, 2.05) is 19.4 Å². The minimum atomic E-state index is -5.27. The molecule has 2 aromatic heterocycles. The molecule has 47 heavy (non-hydrogen) atoms. The van der Waals surface area contributed by atoms with Crippen molar-refractivity contribution in [3.63, 3.8) is 0 Å². The highest BCUT2D eigenvalue weighted by molar-refractivity contribution is 7.80. The Morgan fingerprint density at radius 1 is 1.28 bits per heavy atom. The average molecular weight is 697 g/mol. The summed E-state index contributed by atoms with van der Waals surface area (Å²) in [5, 5.41) is 27.3. The zero-order valence-electron chi connectivity index (χ0n) is 25.2. The molecule has 254 valence electrons. The molecule has 0 bridgehead atoms. The summed E-state index contributed by atoms with van der Waals surface area (Å²) in [6.45, 7) is 2.56. The molecule has 3 atom stereocenters. The van der Waals surface area contributed by atoms with E-state index < -0.39 is 64.3 Å². The first-order valence-corrected chi connectivity index (χ1v) is 15.9. The molecule has 0 saturated carbocycles. The molecular formula is C26H32N8O11S2. The maximum atomic E-state index is 13.2. The number of rotatable bonds is 15. The van der Waals surface area contributed by atoms with Crippen molar-refractivity contribution in [3.8, 4) is 16.9 Å². The van der Waals surface area contributed by atoms with E-state index in [0.717, 1.165) is 22.5 Å². The molecule has 0 aliphatic carbocycles. The van der Waals surface area contributed by atoms with E-state index in [4.69, 9.17) is 21.0 Å². The number of carboxylic acids is 1. The molecule has 1 aliphatic rings. The number of carbonyl (C=O) groups excluding carboxylic acids is 2. The van der Waals surface area contributed by atoms with Crippen LogP contribution in [0.25, 0.3) is 11.1 Å². The zero-order valence-corrected chi connectivity index (χ0v) is 26.8. The molecule has 2 unspecified atom stereocenters. The highest BCUT2D eigenvalue weighted by Crippen LogP contribution is 2.33. The van der Waals surface area contributed by atoms with E-state index in [1.54, 1.807) is 33.6 Å². The fraction of sp³-hybridized carbons (Fsp3) is 0.385. The lowest BCUT2D eigenvalue weighted by atomic mass is 9.84. The van der Waals surface area contributed by atoms with Crippen LogP contribution >= 0.6 is 11.3 Å². The summed E-state index contributed by atoms with van der Waals surface area (Å²) in [7, 11) is -3.45. The molecule has 0 spiro atoms. The van der Waals surface area contributed by atoms with Gasteiger partial charge in [-0.15, -0.1) is 16.0 Å². The first-order chi connectivity index (χ1) is 22.0. The summed E-state index contributed by atoms with van der Waals surface area (Å²) in [5.74, 6) is -3.26. The number of hydrogen-bond donors (Lipinski definition) is 5. The number of thiazole rings is 1. The number of nitrogens with two attached hydrogens (primary N) is 2. The predicted octanol–water partition coefficient (Wildman–Crippen LogP) is -1.91. The largest absolute Gasteiger partial charge is 0.724 e. The Kier molecular flexibility index (Phi) is 10.5. The van der Waals surface area contributed by atoms with Gasteiger partial charge in [-0.3, -0.25) is 9.59 Å². The van der Waals surface area contributed by atoms with Gasteiger partial charge in [0.2, 0.25) is 16.6 Å². The van der Waals surface area contributed by atoms with Crippen LogP contribution in [0, 0.1) is 0 Å². The number of aromatic nitrogens is 3. The van der Waals surface area contributed by atoms with Crippen molar-refractivity contribution in [3.05, 3.63) is 47.7 Å². The number of aryl methyl sites for hydroxylation is 1. The van der Waals surface area contributed by atoms with Crippen molar-refractivity contribution in [2.45, 2.75) is 44.2 Å². The van der Waals surface area contributed by atoms with E-state index in [-0.39, 0.29) is 17.4 Å². The second-order valence-corrected chi connectivity index (χ2v) is 12.6. The number of oxime groups is 1. The van der Waals surface area contributed by atoms with Crippen LogP contribution in [0.3, 0.4) is 0 Å². The quantitative estimate of drug-likeness (QED) is 0.0290. The number of hydrogen-bond acceptors (Lipinski definition) is 15. The third-order valence-electron chi connectivity index (χ3n) is 6.92. The number of ether oxygens (including phenoxy) is 1. The van der Waals surface area contributed by atoms with Crippen LogP contribution in [0.15, 0.2) is 47.2 Å². The zero-order chi connectivity index (χ0) is 34.7. The van der Waals surface area contributed by atoms with Crippen LogP contribution in [0.2, 0.25) is 0 Å². The number of amides is 2. The monoisotopic (exact) mass is 696 g/mol. The predicted molar refractivity (Wildman–Crippen MR) is 161 cm³/mol. The molecule has 21 heteroatoms. The van der Waals surface area contributed by atoms with Gasteiger partial charge in [0, 0.05) is 11.9 Å². The molecule has 1 aromatic carbocycles. The van der Waals surface area contributed by atoms with E-state index in [1.165, 1.54) is 19.2 Å². The van der Waals surface area contributed by atoms with Gasteiger partial charge < -0.3 is 41.1 Å². The van der Waals surface area contributed by atoms with Gasteiger partial charge in [-0.05, 0) is 31.5 Å². The molecule has 3 aromatic rings. The highest BCUT2D eigenvalue weighted by Gasteiger charge is 2.57. The number of aliphatic hydroxyl groups excluding tert-OH is 1. The Morgan fingerprint density at radius 3 is 2.51 bits per heavy atom. The number of anilines is 1. The molecule has 0 radical (unpaired) electrons. The number of β-lactam (4-membered cyclic amide) rings is 1. The summed E-state index contributed by atoms with van der Waals surface area (Å²) in [5.41, 5.74) is 10.7. The van der Waals surface area contributed by atoms with Crippen molar-refractivity contribution in [1.29, 1.82) is 0 Å². The summed E-state index contributed by atoms with van der Waals surface area (Å²) in [6, 6.07) is 5.37. The Morgan fingerprint density at radius 2 is 1.96 bits per heavy atom. The molecule has 1 fully saturated rings. The van der Waals surface area contributed by atoms with Crippen LogP contribution in [0.5, 0.6) is 5.75 Å². The number of nitrogens with zero attached hydrogens (tertiary/aromatic N) is 5. The van der Waals surface area contributed by atoms with E-state index >= 15 is 0 Å². The Hall–Kier alpha value is -4.67. The lowest BCUT2D eigenvalue weighted by Crippen LogP contribution is -2.76. The fourth-order valence-corrected chi connectivity index (χ4v) is 5.37. The second kappa shape index (κ2) is 14.0. The number of hydroxylamine groups is 2. The molecular weight excluding hydrogens is 664 g/mol. The number of nitrogens with one attached hydrogen (secondary N) is 1. The number of aliphatic hydroxyl groups is 1. The van der Waals surface area contributed by atoms with Gasteiger partial charge in [-0.2, -0.15) is 14.0 Å². The summed E-state index contributed by atoms with van der Waals surface area (Å²) >= 11 is 0.943. The minimum absolute atomic E-state index is 0.0424. The Bertz CT molecular complexity index is 1770. The molecule has 7 N–H and O–H groups in total. The lowest BCUT2D eigenvalue weighted by Gasteiger charge is -2.51. The summed E-state index contributed by atoms with van der Waals surface area (Å²) in [4.78, 5) is 46.7. The third kappa shape index (κ3) is 8.38. The van der Waals surface area contributed by atoms with Gasteiger partial charge in [0.05, 0.1) is 23.4 Å². The van der Waals surface area contributed by atoms with Crippen molar-refractivity contribution in [2.75, 3.05) is 18.9 Å². The SMILES string of the molecule is C[n+]1cc(-c2ccc(OCC(O/N=C(\C(=O)N[C@@H]3C(=O)N(OS(=O)(=O)[O-])C3(C)C)c3csc(N)n3)C(=O)O)cc2)cn1CC(O)CN. The second-order valence-electron chi connectivity index (χ2n) is 10.8. The third-order valence-corrected chi connectivity index (χ3v) is 7.93. The van der Waals surface area contributed by atoms with Crippen LogP contribution in [-0.4, -0.2) is 98.3 Å². The molecule has 2 amide bonds. The van der Waals surface area contributed by atoms with Crippen LogP contribution in [-0.2, 0) is 47.5 Å². The first-order valence-electron chi connectivity index (χ1n) is 13.7. The number of carbonyl (C=O) groups is 3. The lowest BCUT2D eigenvalue weighted by molar-refractivity contribution is -0.754. The Balaban J connectivity index is 1.44. The number of carboxylic acid groups (broad SMARTS) is 1. The van der Waals surface area contributed by atoms with Gasteiger partial charge in [0.25, 0.3) is 17.9 Å². The van der Waals surface area contributed by atoms with Gasteiger partial charge in [0.1, 0.15) is 30.6 Å². The fourth-order valence-electron chi connectivity index (χ4n) is 4.38. The molecule has 4 rings (SSSR count). The normalized spacial score (nSPS) is 17.5. The summed E-state index contributed by atoms with van der Waals surface area (Å²) < 4.78 is 46.3. The maximum Gasteiger partial charge on any atom is 0.351 e. The van der Waals surface area contributed by atoms with Crippen LogP contribution in [0.1, 0.15) is 19.5 Å². The number of aliphatic carboxylic acids is 1. The van der Waals surface area contributed by atoms with E-state index in [0.29, 0.717) is 17.4 Å². The van der Waals surface area contributed by atoms with E-state index in [9.17, 15) is 37.6 Å². The maximum absolute atomic E-state index is 13.2. The standard InChI is InChI=1S/C26H32N8O11S2/c1-26(2)21(23(37)34(26)45-47(40,41)42)30-22(36)20(18-13-46-25(28)29-18)31-44-19(24(38)39)12-43-17-6-4-14(5-7-17)15-9-32(3)33(10-15)11-16(35)8-27/h4-7,9-10,13,16,19,21,35H,8,11-12,27H2,1-3H3,(H4-,28,29,30,36,38,39,40,41,42)/b31-20-/t16?,19?,21-/m1/s1. The first kappa shape index (κ1) is 35.2. The molecule has 3 heterocycles. The van der Waals surface area contributed by atoms with Crippen molar-refractivity contribution < 1.29 is 56.1 Å². The minimum Gasteiger partial charge on any atom is -0.724 e. The highest BCUT2D eigenvalue weighted by atomic mass is 32.3. The smallest absolute Gasteiger partial charge is 0.351 e.